The molecule has 0 radical (unpaired) electrons. The quantitative estimate of drug-likeness (QED) is 0.399. The predicted octanol–water partition coefficient (Wildman–Crippen LogP) is -1.52. The smallest absolute Gasteiger partial charge is 0.147 e. The lowest BCUT2D eigenvalue weighted by Crippen LogP contribution is -2.20. The lowest BCUT2D eigenvalue weighted by Gasteiger charge is -1.77. The Morgan fingerprint density at radius 3 is 1.60 bits per heavy atom. The molecule has 0 aliphatic rings. The van der Waals surface area contributed by atoms with Crippen LogP contribution >= 0.6 is 0 Å². The minimum absolute atomic E-state index is 2.83. The number of hydrogen-bond donors (Lipinski definition) is 2. The molecule has 0 fully saturated rings. The van der Waals surface area contributed by atoms with E-state index >= 15 is 0 Å². The molecule has 5 heteroatoms. The van der Waals surface area contributed by atoms with Gasteiger partial charge in [-0.15, -0.1) is 0 Å². The molecule has 4 N–H and O–H groups in total. The summed E-state index contributed by atoms with van der Waals surface area (Å²) >= 11 is 3.91. The summed E-state index contributed by atoms with van der Waals surface area (Å²) in [4.78, 5) is 0. The third-order valence-electron chi connectivity index (χ3n) is 0. The fourth-order valence-corrected chi connectivity index (χ4v) is 0. The van der Waals surface area contributed by atoms with Gasteiger partial charge in [-0.3, -0.25) is 0 Å². The Hall–Kier alpha value is 0.290. The highest BCUT2D eigenvalue weighted by Gasteiger charge is 1.72. The van der Waals surface area contributed by atoms with Gasteiger partial charge < -0.3 is 0 Å². The van der Waals surface area contributed by atoms with Crippen molar-refractivity contribution in [1.82, 2.24) is 0 Å². The van der Waals surface area contributed by atoms with Crippen molar-refractivity contribution in [3.05, 3.63) is 0 Å². The highest BCUT2D eigenvalue weighted by Crippen LogP contribution is 1.44. The van der Waals surface area contributed by atoms with Gasteiger partial charge in [0, 0.05) is 11.2 Å². The molecule has 0 aromatic carbocycles. The summed E-state index contributed by atoms with van der Waals surface area (Å²) in [5.41, 5.74) is 0. The largest absolute Gasteiger partial charge is 0.238 e. The van der Waals surface area contributed by atoms with Crippen molar-refractivity contribution in [1.29, 1.82) is 0 Å². The van der Waals surface area contributed by atoms with Crippen molar-refractivity contribution in [3.8, 4) is 0 Å². The van der Waals surface area contributed by atoms with Crippen LogP contribution in [0.5, 0.6) is 0 Å². The first-order valence-electron chi connectivity index (χ1n) is 0.805. The van der Waals surface area contributed by atoms with Gasteiger partial charge in [-0.1, -0.05) is 0 Å². The molecule has 0 aliphatic carbocycles. The van der Waals surface area contributed by atoms with Crippen molar-refractivity contribution < 1.29 is 4.21 Å². The van der Waals surface area contributed by atoms with E-state index in [4.69, 9.17) is 0 Å². The van der Waals surface area contributed by atoms with Crippen LogP contribution < -0.4 is 10.3 Å². The van der Waals surface area contributed by atoms with Crippen molar-refractivity contribution in [2.45, 2.75) is 0 Å². The Morgan fingerprint density at radius 1 is 1.60 bits per heavy atom. The van der Waals surface area contributed by atoms with E-state index < -0.39 is 8.86 Å². The van der Waals surface area contributed by atoms with E-state index in [1.807, 2.05) is 0 Å². The number of rotatable bonds is 0. The number of nitrogens with two attached hydrogens (primary N) is 2. The van der Waals surface area contributed by atoms with Crippen LogP contribution in [0, 0.1) is 0 Å². The summed E-state index contributed by atoms with van der Waals surface area (Å²) in [7, 11) is -2.83. The third kappa shape index (κ3) is 268. The second-order valence-electron chi connectivity index (χ2n) is 0.589. The zero-order valence-corrected chi connectivity index (χ0v) is 4.01. The van der Waals surface area contributed by atoms with Crippen LogP contribution in [-0.4, -0.2) is 4.21 Å². The molecule has 0 rings (SSSR count). The van der Waals surface area contributed by atoms with Crippen molar-refractivity contribution in [2.24, 2.45) is 10.3 Å². The van der Waals surface area contributed by atoms with E-state index in [0.717, 1.165) is 0 Å². The third-order valence-corrected chi connectivity index (χ3v) is 0. The second-order valence-corrected chi connectivity index (χ2v) is 3.33. The van der Waals surface area contributed by atoms with Crippen molar-refractivity contribution >= 4 is 20.1 Å². The van der Waals surface area contributed by atoms with Crippen LogP contribution in [0.25, 0.3) is 0 Å². The molecule has 0 heterocycles. The van der Waals surface area contributed by atoms with Crippen molar-refractivity contribution in [2.75, 3.05) is 0 Å². The van der Waals surface area contributed by atoms with E-state index in [0.29, 0.717) is 0 Å². The monoisotopic (exact) mass is 112 g/mol. The first-order chi connectivity index (χ1) is 2.00. The Kier molecular flexibility index (Phi) is 1.24. The van der Waals surface area contributed by atoms with Crippen LogP contribution in [0.2, 0.25) is 0 Å². The molecule has 0 amide bonds. The maximum Gasteiger partial charge on any atom is 0.147 e. The highest BCUT2D eigenvalue weighted by atomic mass is 32.8. The number of hydrogen-bond acceptors (Lipinski definition) is 2. The van der Waals surface area contributed by atoms with Gasteiger partial charge in [0.15, 0.2) is 0 Å². The van der Waals surface area contributed by atoms with E-state index in [2.05, 4.69) is 21.5 Å². The minimum Gasteiger partial charge on any atom is -0.238 e. The standard InChI is InChI=1S/H4N2OS2/c1-5(2,3)4/h(H4,1,2,3,4). The van der Waals surface area contributed by atoms with Crippen molar-refractivity contribution in [3.63, 3.8) is 0 Å². The van der Waals surface area contributed by atoms with Gasteiger partial charge in [-0.25, -0.2) is 14.5 Å². The molecule has 0 atom stereocenters. The molecule has 0 saturated heterocycles. The molecule has 0 aromatic rings. The molecule has 0 aromatic heterocycles. The molecule has 0 aliphatic heterocycles. The van der Waals surface area contributed by atoms with Gasteiger partial charge in [0.05, 0.1) is 0 Å². The summed E-state index contributed by atoms with van der Waals surface area (Å²) in [5, 5.41) is 8.95. The average Bonchev–Trinajstić information content (AvgIpc) is 0.722. The maximum atomic E-state index is 9.56. The normalized spacial score (nSPS) is 11.6. The lowest BCUT2D eigenvalue weighted by atomic mass is 13.9. The van der Waals surface area contributed by atoms with Crippen LogP contribution in [-0.2, 0) is 20.1 Å². The lowest BCUT2D eigenvalue weighted by molar-refractivity contribution is 0.684. The Balaban J connectivity index is 4.06. The van der Waals surface area contributed by atoms with E-state index in [1.165, 1.54) is 0 Å². The van der Waals surface area contributed by atoms with Gasteiger partial charge in [0.1, 0.15) is 8.86 Å². The maximum absolute atomic E-state index is 9.56. The van der Waals surface area contributed by atoms with Gasteiger partial charge >= 0.3 is 0 Å². The van der Waals surface area contributed by atoms with Gasteiger partial charge in [0.25, 0.3) is 0 Å². The van der Waals surface area contributed by atoms with Crippen LogP contribution in [0.3, 0.4) is 0 Å². The molecule has 0 spiro atoms. The average molecular weight is 112 g/mol. The van der Waals surface area contributed by atoms with Crippen LogP contribution in [0.1, 0.15) is 0 Å². The SMILES string of the molecule is NS(N)(=O)=S. The predicted molar refractivity (Wildman–Crippen MR) is 23.9 cm³/mol. The molecule has 5 heavy (non-hydrogen) atoms. The van der Waals surface area contributed by atoms with E-state index in [1.54, 1.807) is 0 Å². The van der Waals surface area contributed by atoms with E-state index in [9.17, 15) is 4.21 Å². The van der Waals surface area contributed by atoms with Crippen LogP contribution in [0.4, 0.5) is 0 Å². The zero-order chi connectivity index (χ0) is 4.50. The Labute approximate surface area is 35.3 Å². The fraction of sp³-hybridized carbons (Fsp3) is 0. The topological polar surface area (TPSA) is 69.1 Å². The summed E-state index contributed by atoms with van der Waals surface area (Å²) in [6, 6.07) is 0. The summed E-state index contributed by atoms with van der Waals surface area (Å²) < 4.78 is 9.56. The molecular formula is H4N2OS2. The van der Waals surface area contributed by atoms with Crippen LogP contribution in [0.15, 0.2) is 0 Å². The van der Waals surface area contributed by atoms with Gasteiger partial charge in [-0.2, -0.15) is 0 Å². The molecule has 3 nitrogen and oxygen atoms in total. The van der Waals surface area contributed by atoms with E-state index in [-0.39, 0.29) is 0 Å². The highest BCUT2D eigenvalue weighted by molar-refractivity contribution is 8.30. The molecular weight excluding hydrogens is 108 g/mol. The first-order valence-corrected chi connectivity index (χ1v) is 3.41. The molecule has 0 bridgehead atoms. The summed E-state index contributed by atoms with van der Waals surface area (Å²) in [6.45, 7) is 0. The fourth-order valence-electron chi connectivity index (χ4n) is 0. The first kappa shape index (κ1) is 5.29. The summed E-state index contributed by atoms with van der Waals surface area (Å²) in [6.07, 6.45) is 0. The van der Waals surface area contributed by atoms with Gasteiger partial charge in [0.2, 0.25) is 0 Å². The van der Waals surface area contributed by atoms with Gasteiger partial charge in [-0.05, 0) is 0 Å². The zero-order valence-electron chi connectivity index (χ0n) is 2.38. The second kappa shape index (κ2) is 1.17. The molecule has 32 valence electrons. The minimum atomic E-state index is -2.83. The molecule has 0 saturated carbocycles. The summed E-state index contributed by atoms with van der Waals surface area (Å²) in [5.74, 6) is 0. The Bertz CT molecular complexity index is 90.8. The molecule has 0 unspecified atom stereocenters. The Morgan fingerprint density at radius 2 is 1.60 bits per heavy atom.